The van der Waals surface area contributed by atoms with Crippen LogP contribution in [0.2, 0.25) is 5.02 Å². The van der Waals surface area contributed by atoms with Crippen molar-refractivity contribution in [2.45, 2.75) is 46.2 Å². The molecule has 146 valence electrons. The Bertz CT molecular complexity index is 776. The van der Waals surface area contributed by atoms with E-state index in [4.69, 9.17) is 16.3 Å². The average molecular weight is 390 g/mol. The van der Waals surface area contributed by atoms with E-state index >= 15 is 0 Å². The number of carbonyl (C=O) groups excluding carboxylic acids is 1. The van der Waals surface area contributed by atoms with Gasteiger partial charge in [0.05, 0.1) is 18.6 Å². The summed E-state index contributed by atoms with van der Waals surface area (Å²) in [5.74, 6) is 0.938. The van der Waals surface area contributed by atoms with E-state index in [1.165, 1.54) is 0 Å². The van der Waals surface area contributed by atoms with Crippen LogP contribution in [0.15, 0.2) is 36.7 Å². The van der Waals surface area contributed by atoms with Gasteiger partial charge in [-0.25, -0.2) is 4.98 Å². The van der Waals surface area contributed by atoms with E-state index in [2.05, 4.69) is 21.4 Å². The van der Waals surface area contributed by atoms with Gasteiger partial charge in [0, 0.05) is 30.5 Å². The van der Waals surface area contributed by atoms with E-state index < -0.39 is 5.41 Å². The van der Waals surface area contributed by atoms with Crippen LogP contribution in [-0.2, 0) is 29.0 Å². The molecule has 1 aromatic carbocycles. The largest absolute Gasteiger partial charge is 0.466 e. The Morgan fingerprint density at radius 1 is 1.37 bits per heavy atom. The number of likely N-dealkylation sites (tertiary alicyclic amines) is 1. The fourth-order valence-corrected chi connectivity index (χ4v) is 4.26. The first-order chi connectivity index (χ1) is 13.1. The van der Waals surface area contributed by atoms with Gasteiger partial charge in [0.25, 0.3) is 0 Å². The number of aryl methyl sites for hydroxylation is 1. The lowest BCUT2D eigenvalue weighted by Crippen LogP contribution is -2.49. The van der Waals surface area contributed by atoms with Crippen molar-refractivity contribution in [2.24, 2.45) is 5.41 Å². The molecule has 2 aromatic rings. The summed E-state index contributed by atoms with van der Waals surface area (Å²) < 4.78 is 7.65. The lowest BCUT2D eigenvalue weighted by atomic mass is 9.75. The van der Waals surface area contributed by atoms with Crippen molar-refractivity contribution < 1.29 is 9.53 Å². The highest BCUT2D eigenvalue weighted by atomic mass is 35.5. The Hall–Kier alpha value is -1.85. The zero-order valence-electron chi connectivity index (χ0n) is 16.2. The molecule has 3 rings (SSSR count). The normalized spacial score (nSPS) is 20.6. The molecule has 2 heterocycles. The minimum absolute atomic E-state index is 0.103. The number of carbonyl (C=O) groups is 1. The van der Waals surface area contributed by atoms with E-state index in [-0.39, 0.29) is 5.97 Å². The second-order valence-corrected chi connectivity index (χ2v) is 7.69. The Balaban J connectivity index is 1.82. The molecule has 1 aliphatic rings. The van der Waals surface area contributed by atoms with E-state index in [9.17, 15) is 4.79 Å². The molecule has 1 aromatic heterocycles. The molecule has 27 heavy (non-hydrogen) atoms. The number of piperidine rings is 1. The van der Waals surface area contributed by atoms with Gasteiger partial charge >= 0.3 is 5.97 Å². The molecule has 0 N–H and O–H groups in total. The zero-order chi connectivity index (χ0) is 19.3. The predicted octanol–water partition coefficient (Wildman–Crippen LogP) is 3.94. The highest BCUT2D eigenvalue weighted by molar-refractivity contribution is 6.30. The molecular formula is C21H28ClN3O2. The highest BCUT2D eigenvalue weighted by Gasteiger charge is 2.43. The smallest absolute Gasteiger partial charge is 0.313 e. The molecule has 0 amide bonds. The number of aromatic nitrogens is 2. The number of rotatable bonds is 7. The van der Waals surface area contributed by atoms with Crippen LogP contribution in [0, 0.1) is 5.41 Å². The van der Waals surface area contributed by atoms with Gasteiger partial charge in [-0.05, 0) is 57.4 Å². The third-order valence-corrected chi connectivity index (χ3v) is 5.54. The maximum Gasteiger partial charge on any atom is 0.313 e. The first kappa shape index (κ1) is 19.9. The van der Waals surface area contributed by atoms with Crippen molar-refractivity contribution in [3.05, 3.63) is 53.1 Å². The van der Waals surface area contributed by atoms with E-state index in [0.29, 0.717) is 24.6 Å². The molecule has 5 nitrogen and oxygen atoms in total. The van der Waals surface area contributed by atoms with Crippen LogP contribution in [0.25, 0.3) is 0 Å². The number of ether oxygens (including phenoxy) is 1. The summed E-state index contributed by atoms with van der Waals surface area (Å²) in [5, 5.41) is 0.698. The number of hydrogen-bond acceptors (Lipinski definition) is 4. The molecule has 1 atom stereocenters. The van der Waals surface area contributed by atoms with Crippen molar-refractivity contribution in [3.63, 3.8) is 0 Å². The SMILES string of the molecule is CCOC(=O)C1(Cc2cccc(Cl)c2)CCCN(Cc2nccn2CC)C1. The Labute approximate surface area is 166 Å². The number of nitrogens with zero attached hydrogens (tertiary/aromatic N) is 3. The van der Waals surface area contributed by atoms with Crippen LogP contribution in [0.3, 0.4) is 0 Å². The Morgan fingerprint density at radius 3 is 2.96 bits per heavy atom. The molecule has 1 saturated heterocycles. The van der Waals surface area contributed by atoms with Gasteiger partial charge in [-0.3, -0.25) is 9.69 Å². The van der Waals surface area contributed by atoms with Gasteiger partial charge in [0.1, 0.15) is 5.82 Å². The topological polar surface area (TPSA) is 47.4 Å². The summed E-state index contributed by atoms with van der Waals surface area (Å²) in [7, 11) is 0. The van der Waals surface area contributed by atoms with Gasteiger partial charge < -0.3 is 9.30 Å². The van der Waals surface area contributed by atoms with Crippen molar-refractivity contribution >= 4 is 17.6 Å². The van der Waals surface area contributed by atoms with Gasteiger partial charge in [-0.2, -0.15) is 0 Å². The molecule has 1 fully saturated rings. The third kappa shape index (κ3) is 4.71. The molecule has 0 radical (unpaired) electrons. The van der Waals surface area contributed by atoms with E-state index in [1.807, 2.05) is 43.6 Å². The van der Waals surface area contributed by atoms with Crippen LogP contribution < -0.4 is 0 Å². The second kappa shape index (κ2) is 8.89. The monoisotopic (exact) mass is 389 g/mol. The van der Waals surface area contributed by atoms with Gasteiger partial charge in [0.2, 0.25) is 0 Å². The van der Waals surface area contributed by atoms with E-state index in [0.717, 1.165) is 43.9 Å². The number of hydrogen-bond donors (Lipinski definition) is 0. The summed E-state index contributed by atoms with van der Waals surface area (Å²) in [6.45, 7) is 7.66. The molecule has 1 unspecified atom stereocenters. The summed E-state index contributed by atoms with van der Waals surface area (Å²) in [6.07, 6.45) is 6.28. The van der Waals surface area contributed by atoms with Crippen LogP contribution in [-0.4, -0.2) is 40.1 Å². The van der Waals surface area contributed by atoms with Crippen LogP contribution >= 0.6 is 11.6 Å². The Kier molecular flexibility index (Phi) is 6.55. The number of esters is 1. The lowest BCUT2D eigenvalue weighted by Gasteiger charge is -2.41. The molecular weight excluding hydrogens is 362 g/mol. The van der Waals surface area contributed by atoms with Gasteiger partial charge in [-0.1, -0.05) is 23.7 Å². The number of benzene rings is 1. The van der Waals surface area contributed by atoms with Crippen molar-refractivity contribution in [2.75, 3.05) is 19.7 Å². The first-order valence-corrected chi connectivity index (χ1v) is 10.1. The minimum Gasteiger partial charge on any atom is -0.466 e. The van der Waals surface area contributed by atoms with Crippen LogP contribution in [0.4, 0.5) is 0 Å². The standard InChI is InChI=1S/C21H28ClN3O2/c1-3-25-12-10-23-19(25)15-24-11-6-9-21(16-24,20(26)27-4-2)14-17-7-5-8-18(22)13-17/h5,7-8,10,12-13H,3-4,6,9,11,14-16H2,1-2H3. The maximum atomic E-state index is 13.0. The number of imidazole rings is 1. The summed E-state index contributed by atoms with van der Waals surface area (Å²) >= 11 is 6.17. The highest BCUT2D eigenvalue weighted by Crippen LogP contribution is 2.36. The van der Waals surface area contributed by atoms with Crippen molar-refractivity contribution in [3.8, 4) is 0 Å². The fraction of sp³-hybridized carbons (Fsp3) is 0.524. The first-order valence-electron chi connectivity index (χ1n) is 9.70. The molecule has 1 aliphatic heterocycles. The third-order valence-electron chi connectivity index (χ3n) is 5.30. The molecule has 0 aliphatic carbocycles. The predicted molar refractivity (Wildman–Crippen MR) is 107 cm³/mol. The quantitative estimate of drug-likeness (QED) is 0.673. The summed E-state index contributed by atoms with van der Waals surface area (Å²) in [6, 6.07) is 7.79. The summed E-state index contributed by atoms with van der Waals surface area (Å²) in [4.78, 5) is 19.8. The maximum absolute atomic E-state index is 13.0. The molecule has 0 bridgehead atoms. The second-order valence-electron chi connectivity index (χ2n) is 7.25. The van der Waals surface area contributed by atoms with Gasteiger partial charge in [-0.15, -0.1) is 0 Å². The minimum atomic E-state index is -0.539. The molecule has 0 spiro atoms. The zero-order valence-corrected chi connectivity index (χ0v) is 16.9. The Morgan fingerprint density at radius 2 is 2.22 bits per heavy atom. The van der Waals surface area contributed by atoms with Gasteiger partial charge in [0.15, 0.2) is 0 Å². The molecule has 0 saturated carbocycles. The fourth-order valence-electron chi connectivity index (χ4n) is 4.05. The van der Waals surface area contributed by atoms with Crippen molar-refractivity contribution in [1.29, 1.82) is 0 Å². The summed E-state index contributed by atoms with van der Waals surface area (Å²) in [5.41, 5.74) is 0.537. The average Bonchev–Trinajstić information content (AvgIpc) is 3.09. The van der Waals surface area contributed by atoms with Crippen LogP contribution in [0.5, 0.6) is 0 Å². The van der Waals surface area contributed by atoms with Crippen molar-refractivity contribution in [1.82, 2.24) is 14.5 Å². The van der Waals surface area contributed by atoms with Crippen LogP contribution in [0.1, 0.15) is 38.1 Å². The number of halogens is 1. The van der Waals surface area contributed by atoms with E-state index in [1.54, 1.807) is 0 Å². The molecule has 6 heteroatoms. The lowest BCUT2D eigenvalue weighted by molar-refractivity contribution is -0.159.